The summed E-state index contributed by atoms with van der Waals surface area (Å²) in [6.07, 6.45) is 0.840. The van der Waals surface area contributed by atoms with Crippen molar-refractivity contribution in [2.24, 2.45) is 0 Å². The van der Waals surface area contributed by atoms with Gasteiger partial charge in [-0.3, -0.25) is 0 Å². The topological polar surface area (TPSA) is 65.5 Å². The van der Waals surface area contributed by atoms with Crippen LogP contribution in [0.25, 0.3) is 10.2 Å². The highest BCUT2D eigenvalue weighted by atomic mass is 32.1. The Labute approximate surface area is 163 Å². The molecular weight excluding hydrogens is 358 g/mol. The summed E-state index contributed by atoms with van der Waals surface area (Å²) in [5, 5.41) is 14.1. The number of hydrogen-bond donors (Lipinski definition) is 2. The quantitative estimate of drug-likeness (QED) is 0.585. The van der Waals surface area contributed by atoms with Crippen molar-refractivity contribution in [3.8, 4) is 5.75 Å². The first kappa shape index (κ1) is 19.2. The molecule has 2 aromatic carbocycles. The highest BCUT2D eigenvalue weighted by Gasteiger charge is 2.16. The summed E-state index contributed by atoms with van der Waals surface area (Å²) in [6.45, 7) is 7.26. The molecule has 0 spiro atoms. The van der Waals surface area contributed by atoms with Crippen molar-refractivity contribution < 1.29 is 9.90 Å². The van der Waals surface area contributed by atoms with E-state index in [4.69, 9.17) is 0 Å². The molecule has 142 valence electrons. The number of urea groups is 1. The number of aromatic nitrogens is 1. The average Bonchev–Trinajstić information content (AvgIpc) is 3.07. The number of phenols is 1. The van der Waals surface area contributed by atoms with Crippen molar-refractivity contribution in [3.63, 3.8) is 0 Å². The minimum absolute atomic E-state index is 0.173. The molecule has 0 radical (unpaired) electrons. The zero-order valence-corrected chi connectivity index (χ0v) is 16.7. The van der Waals surface area contributed by atoms with E-state index in [1.54, 1.807) is 28.4 Å². The molecule has 1 aromatic heterocycles. The summed E-state index contributed by atoms with van der Waals surface area (Å²) in [7, 11) is 0. The largest absolute Gasteiger partial charge is 0.508 e. The Morgan fingerprint density at radius 3 is 2.74 bits per heavy atom. The molecule has 6 heteroatoms. The number of carbonyl (C=O) groups excluding carboxylic acids is 1. The maximum atomic E-state index is 12.8. The second-order valence-electron chi connectivity index (χ2n) is 6.87. The molecule has 2 N–H and O–H groups in total. The summed E-state index contributed by atoms with van der Waals surface area (Å²) in [6, 6.07) is 12.7. The van der Waals surface area contributed by atoms with E-state index >= 15 is 0 Å². The molecule has 0 atom stereocenters. The molecule has 27 heavy (non-hydrogen) atoms. The number of phenolic OH excluding ortho intramolecular Hbond substituents is 1. The zero-order valence-electron chi connectivity index (χ0n) is 15.9. The molecule has 1 heterocycles. The number of thiazole rings is 1. The fraction of sp³-hybridized carbons (Fsp3) is 0.333. The molecule has 0 fully saturated rings. The Kier molecular flexibility index (Phi) is 5.96. The third-order valence-electron chi connectivity index (χ3n) is 4.28. The number of amides is 2. The van der Waals surface area contributed by atoms with Crippen molar-refractivity contribution in [2.75, 3.05) is 11.9 Å². The van der Waals surface area contributed by atoms with E-state index in [9.17, 15) is 9.90 Å². The van der Waals surface area contributed by atoms with Gasteiger partial charge in [-0.15, -0.1) is 11.3 Å². The summed E-state index contributed by atoms with van der Waals surface area (Å²) in [4.78, 5) is 19.1. The summed E-state index contributed by atoms with van der Waals surface area (Å²) in [5.41, 5.74) is 2.45. The number of nitrogens with one attached hydrogen (secondary N) is 1. The van der Waals surface area contributed by atoms with Gasteiger partial charge in [-0.2, -0.15) is 0 Å². The van der Waals surface area contributed by atoms with Crippen LogP contribution < -0.4 is 5.32 Å². The highest BCUT2D eigenvalue weighted by Crippen LogP contribution is 2.29. The lowest BCUT2D eigenvalue weighted by Crippen LogP contribution is -2.35. The molecular formula is C21H25N3O2S. The first-order valence-electron chi connectivity index (χ1n) is 9.21. The maximum absolute atomic E-state index is 12.8. The number of hydrogen-bond acceptors (Lipinski definition) is 4. The number of rotatable bonds is 6. The van der Waals surface area contributed by atoms with Crippen LogP contribution in [0.4, 0.5) is 10.5 Å². The van der Waals surface area contributed by atoms with E-state index in [0.717, 1.165) is 32.9 Å². The van der Waals surface area contributed by atoms with Gasteiger partial charge in [0.1, 0.15) is 5.75 Å². The van der Waals surface area contributed by atoms with Gasteiger partial charge in [0.15, 0.2) is 0 Å². The Bertz CT molecular complexity index is 936. The lowest BCUT2D eigenvalue weighted by Gasteiger charge is -2.23. The van der Waals surface area contributed by atoms with E-state index < -0.39 is 0 Å². The van der Waals surface area contributed by atoms with Gasteiger partial charge < -0.3 is 15.3 Å². The third kappa shape index (κ3) is 4.57. The average molecular weight is 384 g/mol. The van der Waals surface area contributed by atoms with Gasteiger partial charge in [0.2, 0.25) is 0 Å². The number of fused-ring (bicyclic) bond motifs is 1. The Hall–Kier alpha value is -2.60. The molecule has 0 aliphatic heterocycles. The fourth-order valence-electron chi connectivity index (χ4n) is 2.84. The molecule has 0 aliphatic carbocycles. The van der Waals surface area contributed by atoms with Crippen LogP contribution in [0.15, 0.2) is 42.5 Å². The second-order valence-corrected chi connectivity index (χ2v) is 7.93. The van der Waals surface area contributed by atoms with Crippen molar-refractivity contribution >= 4 is 33.3 Å². The van der Waals surface area contributed by atoms with E-state index in [1.807, 2.05) is 37.3 Å². The van der Waals surface area contributed by atoms with E-state index in [0.29, 0.717) is 19.0 Å². The van der Waals surface area contributed by atoms with Gasteiger partial charge in [-0.1, -0.05) is 39.0 Å². The molecule has 3 rings (SSSR count). The SMILES string of the molecule is CCCN(Cc1ccccc1O)C(=O)Nc1ccc2nc(C(C)C)sc2c1. The number of carbonyl (C=O) groups is 1. The van der Waals surface area contributed by atoms with Gasteiger partial charge >= 0.3 is 6.03 Å². The number of aromatic hydroxyl groups is 1. The molecule has 0 saturated carbocycles. The molecule has 0 aliphatic rings. The highest BCUT2D eigenvalue weighted by molar-refractivity contribution is 7.18. The van der Waals surface area contributed by atoms with E-state index in [-0.39, 0.29) is 11.8 Å². The van der Waals surface area contributed by atoms with Crippen molar-refractivity contribution in [2.45, 2.75) is 39.7 Å². The lowest BCUT2D eigenvalue weighted by molar-refractivity contribution is 0.208. The minimum Gasteiger partial charge on any atom is -0.508 e. The van der Waals surface area contributed by atoms with Gasteiger partial charge in [-0.25, -0.2) is 9.78 Å². The van der Waals surface area contributed by atoms with Crippen LogP contribution in [0.3, 0.4) is 0 Å². The molecule has 0 bridgehead atoms. The molecule has 0 saturated heterocycles. The number of nitrogens with zero attached hydrogens (tertiary/aromatic N) is 2. The van der Waals surface area contributed by atoms with Crippen LogP contribution in [0.1, 0.15) is 43.7 Å². The van der Waals surface area contributed by atoms with Crippen molar-refractivity contribution in [1.82, 2.24) is 9.88 Å². The standard InChI is InChI=1S/C21H25N3O2S/c1-4-11-24(13-15-7-5-6-8-18(15)25)21(26)22-16-9-10-17-19(12-16)27-20(23-17)14(2)3/h5-10,12,14,25H,4,11,13H2,1-3H3,(H,22,26). The van der Waals surface area contributed by atoms with Gasteiger partial charge in [0.25, 0.3) is 0 Å². The van der Waals surface area contributed by atoms with Gasteiger partial charge in [0, 0.05) is 23.7 Å². The Morgan fingerprint density at radius 2 is 2.04 bits per heavy atom. The molecule has 0 unspecified atom stereocenters. The first-order chi connectivity index (χ1) is 13.0. The van der Waals surface area contributed by atoms with Crippen LogP contribution in [-0.2, 0) is 6.54 Å². The molecule has 5 nitrogen and oxygen atoms in total. The number of para-hydroxylation sites is 1. The summed E-state index contributed by atoms with van der Waals surface area (Å²) < 4.78 is 1.07. The number of benzene rings is 2. The lowest BCUT2D eigenvalue weighted by atomic mass is 10.2. The van der Waals surface area contributed by atoms with Crippen LogP contribution in [-0.4, -0.2) is 27.6 Å². The Balaban J connectivity index is 1.76. The van der Waals surface area contributed by atoms with Crippen molar-refractivity contribution in [3.05, 3.63) is 53.0 Å². The fourth-order valence-corrected chi connectivity index (χ4v) is 3.85. The maximum Gasteiger partial charge on any atom is 0.322 e. The van der Waals surface area contributed by atoms with Crippen molar-refractivity contribution in [1.29, 1.82) is 0 Å². The van der Waals surface area contributed by atoms with Crippen LogP contribution in [0.2, 0.25) is 0 Å². The van der Waals surface area contributed by atoms with E-state index in [2.05, 4.69) is 24.1 Å². The number of anilines is 1. The summed E-state index contributed by atoms with van der Waals surface area (Å²) in [5.74, 6) is 0.595. The monoisotopic (exact) mass is 383 g/mol. The molecule has 2 amide bonds. The van der Waals surface area contributed by atoms with Gasteiger partial charge in [0.05, 0.1) is 21.8 Å². The Morgan fingerprint density at radius 1 is 1.26 bits per heavy atom. The van der Waals surface area contributed by atoms with Crippen LogP contribution >= 0.6 is 11.3 Å². The molecule has 3 aromatic rings. The first-order valence-corrected chi connectivity index (χ1v) is 10.0. The third-order valence-corrected chi connectivity index (χ3v) is 5.60. The normalized spacial score (nSPS) is 11.1. The smallest absolute Gasteiger partial charge is 0.322 e. The van der Waals surface area contributed by atoms with Crippen LogP contribution in [0.5, 0.6) is 5.75 Å². The summed E-state index contributed by atoms with van der Waals surface area (Å²) >= 11 is 1.66. The van der Waals surface area contributed by atoms with Gasteiger partial charge in [-0.05, 0) is 30.7 Å². The predicted octanol–water partition coefficient (Wildman–Crippen LogP) is 5.57. The van der Waals surface area contributed by atoms with E-state index in [1.165, 1.54) is 0 Å². The van der Waals surface area contributed by atoms with Crippen LogP contribution in [0, 0.1) is 0 Å². The predicted molar refractivity (Wildman–Crippen MR) is 112 cm³/mol. The second kappa shape index (κ2) is 8.39. The zero-order chi connectivity index (χ0) is 19.4. The minimum atomic E-state index is -0.173.